The van der Waals surface area contributed by atoms with Gasteiger partial charge in [-0.15, -0.1) is 0 Å². The topological polar surface area (TPSA) is 96.7 Å². The molecule has 2 N–H and O–H groups in total. The maximum atomic E-state index is 11.2. The Balaban J connectivity index is 1.78. The molecular formula is C17H13N5O2. The van der Waals surface area contributed by atoms with Gasteiger partial charge < -0.3 is 14.7 Å². The Hall–Kier alpha value is -3.48. The number of H-pyrrole nitrogens is 1. The van der Waals surface area contributed by atoms with Gasteiger partial charge in [-0.1, -0.05) is 12.1 Å². The van der Waals surface area contributed by atoms with Gasteiger partial charge in [0.1, 0.15) is 22.5 Å². The van der Waals surface area contributed by atoms with E-state index in [1.54, 1.807) is 12.5 Å². The summed E-state index contributed by atoms with van der Waals surface area (Å²) in [5.74, 6) is -1.04. The van der Waals surface area contributed by atoms with E-state index in [0.717, 1.165) is 11.3 Å². The number of carboxylic acid groups (broad SMARTS) is 1. The van der Waals surface area contributed by atoms with Crippen LogP contribution in [-0.2, 0) is 0 Å². The quantitative estimate of drug-likeness (QED) is 0.605. The molecule has 7 nitrogen and oxygen atoms in total. The second-order valence-corrected chi connectivity index (χ2v) is 5.47. The highest BCUT2D eigenvalue weighted by Crippen LogP contribution is 2.21. The van der Waals surface area contributed by atoms with Gasteiger partial charge in [0.25, 0.3) is 0 Å². The largest absolute Gasteiger partial charge is 0.478 e. The summed E-state index contributed by atoms with van der Waals surface area (Å²) < 4.78 is 1.89. The van der Waals surface area contributed by atoms with Crippen LogP contribution in [0.1, 0.15) is 15.9 Å². The van der Waals surface area contributed by atoms with Crippen molar-refractivity contribution in [2.45, 2.75) is 6.92 Å². The first kappa shape index (κ1) is 14.1. The number of carbonyl (C=O) groups is 1. The Labute approximate surface area is 136 Å². The third kappa shape index (κ3) is 2.32. The van der Waals surface area contributed by atoms with E-state index in [2.05, 4.69) is 26.0 Å². The summed E-state index contributed by atoms with van der Waals surface area (Å²) in [6.07, 6.45) is 6.51. The van der Waals surface area contributed by atoms with Gasteiger partial charge in [-0.05, 0) is 24.6 Å². The van der Waals surface area contributed by atoms with Gasteiger partial charge in [-0.3, -0.25) is 0 Å². The third-order valence-electron chi connectivity index (χ3n) is 3.76. The van der Waals surface area contributed by atoms with Crippen molar-refractivity contribution in [1.82, 2.24) is 24.5 Å². The summed E-state index contributed by atoms with van der Waals surface area (Å²) >= 11 is 0. The molecule has 0 aliphatic heterocycles. The number of aryl methyl sites for hydroxylation is 1. The lowest BCUT2D eigenvalue weighted by Crippen LogP contribution is -1.96. The fourth-order valence-corrected chi connectivity index (χ4v) is 2.56. The molecule has 0 amide bonds. The number of nitrogens with zero attached hydrogens (tertiary/aromatic N) is 4. The van der Waals surface area contributed by atoms with E-state index in [9.17, 15) is 9.90 Å². The molecule has 0 fully saturated rings. The van der Waals surface area contributed by atoms with E-state index in [1.807, 2.05) is 35.9 Å². The van der Waals surface area contributed by atoms with Crippen molar-refractivity contribution in [2.24, 2.45) is 0 Å². The minimum absolute atomic E-state index is 0.0949. The zero-order valence-corrected chi connectivity index (χ0v) is 12.8. The van der Waals surface area contributed by atoms with Gasteiger partial charge >= 0.3 is 5.97 Å². The van der Waals surface area contributed by atoms with Gasteiger partial charge in [0.2, 0.25) is 0 Å². The van der Waals surface area contributed by atoms with Crippen LogP contribution in [0.25, 0.3) is 28.2 Å². The summed E-state index contributed by atoms with van der Waals surface area (Å²) in [4.78, 5) is 27.0. The van der Waals surface area contributed by atoms with Crippen LogP contribution in [0.5, 0.6) is 0 Å². The first-order chi connectivity index (χ1) is 11.6. The molecule has 24 heavy (non-hydrogen) atoms. The van der Waals surface area contributed by atoms with Crippen molar-refractivity contribution in [3.05, 3.63) is 60.3 Å². The first-order valence-electron chi connectivity index (χ1n) is 7.30. The standard InChI is InChI=1S/C17H13N5O2/c1-10-3-2-4-11(5-10)22-8-14(20-9-22)13-7-19-16-15(21-13)12(6-18-16)17(23)24/h2-9H,1H3,(H,18,19)(H,23,24). The molecule has 4 rings (SSSR count). The molecule has 3 heterocycles. The van der Waals surface area contributed by atoms with E-state index < -0.39 is 5.97 Å². The van der Waals surface area contributed by atoms with Crippen molar-refractivity contribution in [1.29, 1.82) is 0 Å². The Morgan fingerprint density at radius 1 is 1.25 bits per heavy atom. The zero-order chi connectivity index (χ0) is 16.7. The number of benzene rings is 1. The van der Waals surface area contributed by atoms with Crippen LogP contribution in [-0.4, -0.2) is 35.6 Å². The minimum Gasteiger partial charge on any atom is -0.478 e. The van der Waals surface area contributed by atoms with Crippen LogP contribution in [0, 0.1) is 6.92 Å². The minimum atomic E-state index is -1.04. The summed E-state index contributed by atoms with van der Waals surface area (Å²) in [5.41, 5.74) is 4.16. The second-order valence-electron chi connectivity index (χ2n) is 5.47. The molecule has 0 aliphatic carbocycles. The highest BCUT2D eigenvalue weighted by Gasteiger charge is 2.15. The van der Waals surface area contributed by atoms with Crippen LogP contribution >= 0.6 is 0 Å². The summed E-state index contributed by atoms with van der Waals surface area (Å²) in [5, 5.41) is 9.20. The lowest BCUT2D eigenvalue weighted by molar-refractivity contribution is 0.0699. The molecule has 1 aromatic carbocycles. The average molecular weight is 319 g/mol. The Bertz CT molecular complexity index is 1060. The van der Waals surface area contributed by atoms with Crippen LogP contribution in [0.15, 0.2) is 49.2 Å². The van der Waals surface area contributed by atoms with Gasteiger partial charge in [0.05, 0.1) is 12.5 Å². The van der Waals surface area contributed by atoms with E-state index in [0.29, 0.717) is 22.6 Å². The van der Waals surface area contributed by atoms with Gasteiger partial charge in [0, 0.05) is 18.1 Å². The van der Waals surface area contributed by atoms with Crippen LogP contribution in [0.3, 0.4) is 0 Å². The van der Waals surface area contributed by atoms with E-state index in [-0.39, 0.29) is 5.56 Å². The Morgan fingerprint density at radius 3 is 2.92 bits per heavy atom. The van der Waals surface area contributed by atoms with Crippen molar-refractivity contribution in [2.75, 3.05) is 0 Å². The number of carboxylic acids is 1. The number of aromatic nitrogens is 5. The predicted octanol–water partition coefficient (Wildman–Crippen LogP) is 2.82. The number of nitrogens with one attached hydrogen (secondary N) is 1. The van der Waals surface area contributed by atoms with Crippen molar-refractivity contribution in [3.63, 3.8) is 0 Å². The van der Waals surface area contributed by atoms with Crippen molar-refractivity contribution >= 4 is 17.1 Å². The fourth-order valence-electron chi connectivity index (χ4n) is 2.56. The Kier molecular flexibility index (Phi) is 3.13. The molecule has 4 aromatic rings. The molecule has 0 radical (unpaired) electrons. The number of aromatic amines is 1. The number of hydrogen-bond donors (Lipinski definition) is 2. The number of hydrogen-bond acceptors (Lipinski definition) is 4. The maximum Gasteiger partial charge on any atom is 0.339 e. The molecule has 0 atom stereocenters. The molecule has 0 spiro atoms. The SMILES string of the molecule is Cc1cccc(-n2cnc(-c3cnc4[nH]cc(C(=O)O)c4n3)c2)c1. The molecule has 3 aromatic heterocycles. The van der Waals surface area contributed by atoms with Crippen molar-refractivity contribution in [3.8, 4) is 17.1 Å². The predicted molar refractivity (Wildman–Crippen MR) is 88.1 cm³/mol. The molecule has 0 unspecified atom stereocenters. The molecule has 118 valence electrons. The highest BCUT2D eigenvalue weighted by atomic mass is 16.4. The Morgan fingerprint density at radius 2 is 2.12 bits per heavy atom. The number of aromatic carboxylic acids is 1. The second kappa shape index (κ2) is 5.31. The average Bonchev–Trinajstić information content (AvgIpc) is 3.21. The van der Waals surface area contributed by atoms with Gasteiger partial charge in [-0.2, -0.15) is 0 Å². The maximum absolute atomic E-state index is 11.2. The van der Waals surface area contributed by atoms with E-state index >= 15 is 0 Å². The molecule has 0 aliphatic rings. The van der Waals surface area contributed by atoms with Gasteiger partial charge in [-0.25, -0.2) is 19.7 Å². The molecule has 0 bridgehead atoms. The third-order valence-corrected chi connectivity index (χ3v) is 3.76. The van der Waals surface area contributed by atoms with Crippen LogP contribution < -0.4 is 0 Å². The zero-order valence-electron chi connectivity index (χ0n) is 12.8. The molecule has 0 saturated heterocycles. The monoisotopic (exact) mass is 319 g/mol. The highest BCUT2D eigenvalue weighted by molar-refractivity contribution is 6.00. The summed E-state index contributed by atoms with van der Waals surface area (Å²) in [6, 6.07) is 8.05. The van der Waals surface area contributed by atoms with E-state index in [4.69, 9.17) is 0 Å². The molecule has 7 heteroatoms. The van der Waals surface area contributed by atoms with Crippen LogP contribution in [0.4, 0.5) is 0 Å². The normalized spacial score (nSPS) is 11.0. The van der Waals surface area contributed by atoms with Gasteiger partial charge in [0.15, 0.2) is 5.65 Å². The summed E-state index contributed by atoms with van der Waals surface area (Å²) in [7, 11) is 0. The fraction of sp³-hybridized carbons (Fsp3) is 0.0588. The summed E-state index contributed by atoms with van der Waals surface area (Å²) in [6.45, 7) is 2.03. The number of imidazole rings is 1. The van der Waals surface area contributed by atoms with E-state index in [1.165, 1.54) is 6.20 Å². The van der Waals surface area contributed by atoms with Crippen molar-refractivity contribution < 1.29 is 9.90 Å². The molecular weight excluding hydrogens is 306 g/mol. The molecule has 0 saturated carbocycles. The number of rotatable bonds is 3. The lowest BCUT2D eigenvalue weighted by Gasteiger charge is -2.02. The number of fused-ring (bicyclic) bond motifs is 1. The lowest BCUT2D eigenvalue weighted by atomic mass is 10.2. The first-order valence-corrected chi connectivity index (χ1v) is 7.30. The smallest absolute Gasteiger partial charge is 0.339 e. The van der Waals surface area contributed by atoms with Crippen LogP contribution in [0.2, 0.25) is 0 Å².